The van der Waals surface area contributed by atoms with E-state index in [0.717, 1.165) is 19.3 Å². The van der Waals surface area contributed by atoms with Crippen LogP contribution in [0.5, 0.6) is 0 Å². The zero-order valence-electron chi connectivity index (χ0n) is 16.3. The van der Waals surface area contributed by atoms with Crippen molar-refractivity contribution in [1.82, 2.24) is 4.90 Å². The second-order valence-electron chi connectivity index (χ2n) is 7.00. The largest absolute Gasteiger partial charge is 0.391 e. The predicted molar refractivity (Wildman–Crippen MR) is 103 cm³/mol. The molecule has 0 fully saturated rings. The molecule has 0 saturated carbocycles. The number of hydrogen-bond donors (Lipinski definition) is 2. The fourth-order valence-corrected chi connectivity index (χ4v) is 3.26. The van der Waals surface area contributed by atoms with Gasteiger partial charge in [-0.05, 0) is 26.8 Å². The molecule has 0 aliphatic rings. The molecule has 0 spiro atoms. The summed E-state index contributed by atoms with van der Waals surface area (Å²) in [6, 6.07) is 0. The number of aliphatic hydroxyl groups excluding tert-OH is 1. The van der Waals surface area contributed by atoms with E-state index >= 15 is 0 Å². The Hall–Kier alpha value is -0.210. The Kier molecular flexibility index (Phi) is 14.8. The summed E-state index contributed by atoms with van der Waals surface area (Å²) >= 11 is 0. The van der Waals surface area contributed by atoms with Crippen molar-refractivity contribution in [3.05, 3.63) is 0 Å². The molecular weight excluding hydrogens is 342 g/mol. The third-order valence-corrected chi connectivity index (χ3v) is 5.08. The van der Waals surface area contributed by atoms with Gasteiger partial charge in [-0.3, -0.25) is 4.55 Å². The van der Waals surface area contributed by atoms with E-state index < -0.39 is 16.2 Å². The van der Waals surface area contributed by atoms with Gasteiger partial charge in [0.15, 0.2) is 0 Å². The first-order valence-electron chi connectivity index (χ1n) is 9.69. The van der Waals surface area contributed by atoms with Gasteiger partial charge in [-0.15, -0.1) is 0 Å². The molecule has 0 aliphatic heterocycles. The number of ether oxygens (including phenoxy) is 1. The highest BCUT2D eigenvalue weighted by Crippen LogP contribution is 2.13. The SMILES string of the molecule is CCCCCCCCCC(OCCCN(C)CCS(=O)(=O)O)C(C)O. The molecule has 0 heterocycles. The standard InChI is InChI=1S/C18H39NO5S/c1-4-5-6-7-8-9-10-12-18(17(2)20)24-15-11-13-19(3)14-16-25(21,22)23/h17-18,20H,4-16H2,1-3H3,(H,21,22,23). The molecule has 6 nitrogen and oxygen atoms in total. The highest BCUT2D eigenvalue weighted by atomic mass is 32.2. The van der Waals surface area contributed by atoms with E-state index in [1.54, 1.807) is 6.92 Å². The number of nitrogens with zero attached hydrogens (tertiary/aromatic N) is 1. The lowest BCUT2D eigenvalue weighted by atomic mass is 10.0. The highest BCUT2D eigenvalue weighted by Gasteiger charge is 2.15. The minimum absolute atomic E-state index is 0.126. The molecule has 7 heteroatoms. The summed E-state index contributed by atoms with van der Waals surface area (Å²) in [7, 11) is -2.09. The Morgan fingerprint density at radius 1 is 1.00 bits per heavy atom. The van der Waals surface area contributed by atoms with Crippen molar-refractivity contribution >= 4 is 10.1 Å². The lowest BCUT2D eigenvalue weighted by Crippen LogP contribution is -2.29. The van der Waals surface area contributed by atoms with Gasteiger partial charge >= 0.3 is 0 Å². The number of hydrogen-bond acceptors (Lipinski definition) is 5. The van der Waals surface area contributed by atoms with Gasteiger partial charge in [-0.2, -0.15) is 8.42 Å². The zero-order chi connectivity index (χ0) is 19.1. The minimum Gasteiger partial charge on any atom is -0.391 e. The lowest BCUT2D eigenvalue weighted by molar-refractivity contribution is -0.0365. The van der Waals surface area contributed by atoms with Crippen molar-refractivity contribution in [3.8, 4) is 0 Å². The molecule has 2 atom stereocenters. The first kappa shape index (κ1) is 24.8. The third kappa shape index (κ3) is 17.0. The Morgan fingerprint density at radius 2 is 1.60 bits per heavy atom. The summed E-state index contributed by atoms with van der Waals surface area (Å²) in [5.74, 6) is -0.251. The van der Waals surface area contributed by atoms with Crippen LogP contribution in [0.3, 0.4) is 0 Å². The molecule has 0 aromatic heterocycles. The van der Waals surface area contributed by atoms with E-state index in [4.69, 9.17) is 9.29 Å². The second-order valence-corrected chi connectivity index (χ2v) is 8.57. The van der Waals surface area contributed by atoms with E-state index in [2.05, 4.69) is 6.92 Å². The van der Waals surface area contributed by atoms with E-state index in [9.17, 15) is 13.5 Å². The van der Waals surface area contributed by atoms with Crippen molar-refractivity contribution in [1.29, 1.82) is 0 Å². The van der Waals surface area contributed by atoms with Crippen molar-refractivity contribution in [2.24, 2.45) is 0 Å². The lowest BCUT2D eigenvalue weighted by Gasteiger charge is -2.22. The van der Waals surface area contributed by atoms with Gasteiger partial charge in [0.2, 0.25) is 0 Å². The van der Waals surface area contributed by atoms with Gasteiger partial charge in [0, 0.05) is 19.7 Å². The van der Waals surface area contributed by atoms with Gasteiger partial charge < -0.3 is 14.7 Å². The average molecular weight is 382 g/mol. The maximum atomic E-state index is 10.7. The van der Waals surface area contributed by atoms with Crippen LogP contribution >= 0.6 is 0 Å². The summed E-state index contributed by atoms with van der Waals surface area (Å²) < 4.78 is 35.9. The van der Waals surface area contributed by atoms with Crippen LogP contribution in [0.15, 0.2) is 0 Å². The van der Waals surface area contributed by atoms with Gasteiger partial charge in [0.1, 0.15) is 0 Å². The maximum Gasteiger partial charge on any atom is 0.266 e. The summed E-state index contributed by atoms with van der Waals surface area (Å²) in [6.45, 7) is 5.53. The first-order chi connectivity index (χ1) is 11.8. The normalized spacial score (nSPS) is 14.8. The summed E-state index contributed by atoms with van der Waals surface area (Å²) in [5, 5.41) is 9.84. The number of unbranched alkanes of at least 4 members (excludes halogenated alkanes) is 6. The molecule has 0 aromatic carbocycles. The Labute approximate surface area is 154 Å². The highest BCUT2D eigenvalue weighted by molar-refractivity contribution is 7.85. The van der Waals surface area contributed by atoms with Gasteiger partial charge in [-0.25, -0.2) is 0 Å². The summed E-state index contributed by atoms with van der Waals surface area (Å²) in [5.41, 5.74) is 0. The van der Waals surface area contributed by atoms with E-state index in [0.29, 0.717) is 19.7 Å². The maximum absolute atomic E-state index is 10.7. The molecule has 2 N–H and O–H groups in total. The van der Waals surface area contributed by atoms with Crippen molar-refractivity contribution in [2.75, 3.05) is 32.5 Å². The van der Waals surface area contributed by atoms with Crippen LogP contribution < -0.4 is 0 Å². The summed E-state index contributed by atoms with van der Waals surface area (Å²) in [6.07, 6.45) is 9.77. The van der Waals surface area contributed by atoms with Crippen molar-refractivity contribution < 1.29 is 22.8 Å². The van der Waals surface area contributed by atoms with E-state index in [1.165, 1.54) is 38.5 Å². The van der Waals surface area contributed by atoms with Gasteiger partial charge in [0.25, 0.3) is 10.1 Å². The molecule has 0 amide bonds. The van der Waals surface area contributed by atoms with Crippen LogP contribution in [-0.2, 0) is 14.9 Å². The predicted octanol–water partition coefficient (Wildman–Crippen LogP) is 3.10. The quantitative estimate of drug-likeness (QED) is 0.297. The molecule has 0 saturated heterocycles. The van der Waals surface area contributed by atoms with Crippen molar-refractivity contribution in [2.45, 2.75) is 83.8 Å². The van der Waals surface area contributed by atoms with E-state index in [1.807, 2.05) is 11.9 Å². The fourth-order valence-electron chi connectivity index (χ4n) is 2.72. The summed E-state index contributed by atoms with van der Waals surface area (Å²) in [4.78, 5) is 1.85. The Bertz CT molecular complexity index is 400. The molecule has 152 valence electrons. The van der Waals surface area contributed by atoms with Crippen LogP contribution in [0.1, 0.15) is 71.6 Å². The van der Waals surface area contributed by atoms with Crippen LogP contribution in [0.2, 0.25) is 0 Å². The molecule has 0 bridgehead atoms. The molecule has 0 aromatic rings. The molecule has 25 heavy (non-hydrogen) atoms. The molecule has 2 unspecified atom stereocenters. The molecular formula is C18H39NO5S. The smallest absolute Gasteiger partial charge is 0.266 e. The van der Waals surface area contributed by atoms with Gasteiger partial charge in [-0.1, -0.05) is 51.9 Å². The molecule has 0 aliphatic carbocycles. The van der Waals surface area contributed by atoms with Crippen LogP contribution in [0.4, 0.5) is 0 Å². The first-order valence-corrected chi connectivity index (χ1v) is 11.3. The third-order valence-electron chi connectivity index (χ3n) is 4.38. The van der Waals surface area contributed by atoms with Crippen LogP contribution in [0.25, 0.3) is 0 Å². The van der Waals surface area contributed by atoms with Crippen molar-refractivity contribution in [3.63, 3.8) is 0 Å². The molecule has 0 rings (SSSR count). The van der Waals surface area contributed by atoms with Crippen LogP contribution in [0, 0.1) is 0 Å². The Morgan fingerprint density at radius 3 is 2.16 bits per heavy atom. The zero-order valence-corrected chi connectivity index (χ0v) is 17.1. The number of rotatable bonds is 17. The average Bonchev–Trinajstić information content (AvgIpc) is 2.53. The topological polar surface area (TPSA) is 87.1 Å². The minimum atomic E-state index is -3.90. The fraction of sp³-hybridized carbons (Fsp3) is 1.00. The van der Waals surface area contributed by atoms with E-state index in [-0.39, 0.29) is 11.9 Å². The Balaban J connectivity index is 3.75. The number of aliphatic hydroxyl groups is 1. The molecule has 0 radical (unpaired) electrons. The monoisotopic (exact) mass is 381 g/mol. The van der Waals surface area contributed by atoms with Crippen LogP contribution in [-0.4, -0.2) is 67.7 Å². The second kappa shape index (κ2) is 14.9. The van der Waals surface area contributed by atoms with Gasteiger partial charge in [0.05, 0.1) is 18.0 Å².